The number of hydrogen-bond acceptors (Lipinski definition) is 4. The summed E-state index contributed by atoms with van der Waals surface area (Å²) >= 11 is 3.07. The lowest BCUT2D eigenvalue weighted by Crippen LogP contribution is -2.22. The molecule has 0 aromatic heterocycles. The molecule has 0 saturated carbocycles. The van der Waals surface area contributed by atoms with Gasteiger partial charge in [-0.2, -0.15) is 0 Å². The van der Waals surface area contributed by atoms with Crippen molar-refractivity contribution in [1.29, 1.82) is 0 Å². The first kappa shape index (κ1) is 15.1. The Kier molecular flexibility index (Phi) is 6.95. The van der Waals surface area contributed by atoms with Gasteiger partial charge in [0.15, 0.2) is 0 Å². The predicted octanol–water partition coefficient (Wildman–Crippen LogP) is 0.719. The van der Waals surface area contributed by atoms with E-state index in [9.17, 15) is 13.2 Å². The number of sulfonamides is 1. The molecule has 90 valence electrons. The minimum Gasteiger partial charge on any atom is -0.323 e. The second kappa shape index (κ2) is 7.37. The average molecular weight is 309 g/mol. The van der Waals surface area contributed by atoms with E-state index in [1.165, 1.54) is 6.07 Å². The molecule has 0 aliphatic carbocycles. The van der Waals surface area contributed by atoms with Gasteiger partial charge in [0.25, 0.3) is 10.0 Å². The normalized spacial score (nSPS) is 9.94. The van der Waals surface area contributed by atoms with E-state index in [1.807, 2.05) is 14.1 Å². The molecule has 1 amide bonds. The lowest BCUT2D eigenvalue weighted by Gasteiger charge is -2.03. The van der Waals surface area contributed by atoms with Gasteiger partial charge < -0.3 is 5.32 Å². The molecule has 0 radical (unpaired) electrons. The quantitative estimate of drug-likeness (QED) is 0.807. The molecular formula is C9H13BrN2O3S. The van der Waals surface area contributed by atoms with Gasteiger partial charge in [0.1, 0.15) is 4.90 Å². The monoisotopic (exact) mass is 308 g/mol. The Labute approximate surface area is 103 Å². The number of halogens is 1. The van der Waals surface area contributed by atoms with Crippen molar-refractivity contribution in [2.24, 2.45) is 0 Å². The van der Waals surface area contributed by atoms with Crippen LogP contribution >= 0.6 is 15.9 Å². The Bertz CT molecular complexity index is 434. The number of nitrogens with one attached hydrogen (secondary N) is 2. The van der Waals surface area contributed by atoms with Gasteiger partial charge in [-0.05, 0) is 42.2 Å². The summed E-state index contributed by atoms with van der Waals surface area (Å²) in [6.07, 6.45) is 0.134. The molecule has 7 heteroatoms. The highest BCUT2D eigenvalue weighted by molar-refractivity contribution is 9.10. The van der Waals surface area contributed by atoms with Gasteiger partial charge in [-0.3, -0.25) is 9.52 Å². The van der Waals surface area contributed by atoms with Gasteiger partial charge in [-0.15, -0.1) is 0 Å². The fraction of sp³-hybridized carbons (Fsp3) is 0.222. The Balaban J connectivity index is 0.000000673. The molecule has 0 bridgehead atoms. The van der Waals surface area contributed by atoms with Crippen LogP contribution in [0.1, 0.15) is 0 Å². The third kappa shape index (κ3) is 4.73. The summed E-state index contributed by atoms with van der Waals surface area (Å²) in [5.41, 5.74) is 0. The summed E-state index contributed by atoms with van der Waals surface area (Å²) in [6.45, 7) is 0. The van der Waals surface area contributed by atoms with Crippen LogP contribution in [0.25, 0.3) is 0 Å². The van der Waals surface area contributed by atoms with Crippen LogP contribution in [0.4, 0.5) is 0 Å². The minimum atomic E-state index is -3.71. The van der Waals surface area contributed by atoms with Gasteiger partial charge >= 0.3 is 0 Å². The van der Waals surface area contributed by atoms with Crippen molar-refractivity contribution < 1.29 is 13.2 Å². The highest BCUT2D eigenvalue weighted by atomic mass is 79.9. The largest absolute Gasteiger partial charge is 0.323 e. The lowest BCUT2D eigenvalue weighted by atomic mass is 10.4. The standard InChI is InChI=1S/C7H6BrNO3S.C2H7N/c8-6-3-1-2-4-7(6)13(11,12)9-5-10;1-3-2/h1-5H,(H,9,10);3H,1-2H3. The van der Waals surface area contributed by atoms with E-state index in [0.29, 0.717) is 4.47 Å². The first-order valence-electron chi connectivity index (χ1n) is 4.28. The summed E-state index contributed by atoms with van der Waals surface area (Å²) in [5, 5.41) is 2.75. The highest BCUT2D eigenvalue weighted by Gasteiger charge is 2.15. The highest BCUT2D eigenvalue weighted by Crippen LogP contribution is 2.20. The second-order valence-electron chi connectivity index (χ2n) is 2.67. The van der Waals surface area contributed by atoms with Gasteiger partial charge in [0.05, 0.1) is 0 Å². The van der Waals surface area contributed by atoms with Crippen LogP contribution in [0, 0.1) is 0 Å². The summed E-state index contributed by atoms with van der Waals surface area (Å²) in [5.74, 6) is 0. The van der Waals surface area contributed by atoms with Gasteiger partial charge in [-0.1, -0.05) is 12.1 Å². The first-order chi connectivity index (χ1) is 7.49. The van der Waals surface area contributed by atoms with Crippen LogP contribution in [0.3, 0.4) is 0 Å². The fourth-order valence-electron chi connectivity index (χ4n) is 0.789. The van der Waals surface area contributed by atoms with Crippen molar-refractivity contribution in [1.82, 2.24) is 10.0 Å². The molecule has 0 heterocycles. The first-order valence-corrected chi connectivity index (χ1v) is 6.56. The number of amides is 1. The number of hydrogen-bond donors (Lipinski definition) is 2. The Morgan fingerprint density at radius 3 is 2.19 bits per heavy atom. The molecule has 16 heavy (non-hydrogen) atoms. The van der Waals surface area contributed by atoms with E-state index in [-0.39, 0.29) is 11.3 Å². The zero-order valence-electron chi connectivity index (χ0n) is 8.90. The fourth-order valence-corrected chi connectivity index (χ4v) is 2.55. The van der Waals surface area contributed by atoms with Gasteiger partial charge in [0.2, 0.25) is 6.41 Å². The van der Waals surface area contributed by atoms with Crippen LogP contribution in [-0.4, -0.2) is 28.9 Å². The zero-order valence-corrected chi connectivity index (χ0v) is 11.3. The SMILES string of the molecule is CNC.O=CNS(=O)(=O)c1ccccc1Br. The number of rotatable bonds is 3. The molecule has 1 aromatic rings. The zero-order chi connectivity index (χ0) is 12.6. The lowest BCUT2D eigenvalue weighted by molar-refractivity contribution is -0.108. The third-order valence-corrected chi connectivity index (χ3v) is 3.62. The molecule has 0 saturated heterocycles. The second-order valence-corrected chi connectivity index (χ2v) is 5.21. The molecule has 0 aliphatic rings. The third-order valence-electron chi connectivity index (χ3n) is 1.33. The van der Waals surface area contributed by atoms with Crippen molar-refractivity contribution in [2.45, 2.75) is 4.90 Å². The van der Waals surface area contributed by atoms with Crippen LogP contribution in [0.15, 0.2) is 33.6 Å². The molecule has 0 atom stereocenters. The molecule has 2 N–H and O–H groups in total. The predicted molar refractivity (Wildman–Crippen MR) is 65.5 cm³/mol. The van der Waals surface area contributed by atoms with E-state index in [2.05, 4.69) is 21.2 Å². The number of benzene rings is 1. The van der Waals surface area contributed by atoms with E-state index in [4.69, 9.17) is 0 Å². The molecule has 1 aromatic carbocycles. The maximum Gasteiger partial charge on any atom is 0.264 e. The maximum atomic E-state index is 11.3. The number of carbonyl (C=O) groups excluding carboxylic acids is 1. The summed E-state index contributed by atoms with van der Waals surface area (Å²) in [7, 11) is 0.0441. The van der Waals surface area contributed by atoms with Crippen molar-refractivity contribution in [3.63, 3.8) is 0 Å². The van der Waals surface area contributed by atoms with E-state index < -0.39 is 10.0 Å². The molecular weight excluding hydrogens is 296 g/mol. The Morgan fingerprint density at radius 1 is 1.25 bits per heavy atom. The van der Waals surface area contributed by atoms with Crippen molar-refractivity contribution in [3.05, 3.63) is 28.7 Å². The topological polar surface area (TPSA) is 75.3 Å². The average Bonchev–Trinajstić information content (AvgIpc) is 2.19. The summed E-state index contributed by atoms with van der Waals surface area (Å²) in [4.78, 5) is 10.0. The van der Waals surface area contributed by atoms with E-state index in [0.717, 1.165) is 0 Å². The maximum absolute atomic E-state index is 11.3. The Hall–Kier alpha value is -0.920. The molecule has 0 spiro atoms. The molecule has 5 nitrogen and oxygen atoms in total. The van der Waals surface area contributed by atoms with E-state index in [1.54, 1.807) is 22.9 Å². The van der Waals surface area contributed by atoms with Gasteiger partial charge in [-0.25, -0.2) is 8.42 Å². The smallest absolute Gasteiger partial charge is 0.264 e. The van der Waals surface area contributed by atoms with Crippen LogP contribution in [0.5, 0.6) is 0 Å². The van der Waals surface area contributed by atoms with Crippen LogP contribution in [-0.2, 0) is 14.8 Å². The molecule has 0 fully saturated rings. The summed E-state index contributed by atoms with van der Waals surface area (Å²) < 4.78 is 24.7. The van der Waals surface area contributed by atoms with Crippen molar-refractivity contribution >= 4 is 32.4 Å². The van der Waals surface area contributed by atoms with E-state index >= 15 is 0 Å². The Morgan fingerprint density at radius 2 is 1.75 bits per heavy atom. The molecule has 0 aliphatic heterocycles. The summed E-state index contributed by atoms with van der Waals surface area (Å²) in [6, 6.07) is 6.24. The van der Waals surface area contributed by atoms with Crippen LogP contribution < -0.4 is 10.0 Å². The van der Waals surface area contributed by atoms with Crippen LogP contribution in [0.2, 0.25) is 0 Å². The molecule has 1 rings (SSSR count). The van der Waals surface area contributed by atoms with Crippen molar-refractivity contribution in [2.75, 3.05) is 14.1 Å². The molecule has 0 unspecified atom stereocenters. The van der Waals surface area contributed by atoms with Gasteiger partial charge in [0, 0.05) is 4.47 Å². The minimum absolute atomic E-state index is 0.0436. The number of carbonyl (C=O) groups is 1. The van der Waals surface area contributed by atoms with Crippen molar-refractivity contribution in [3.8, 4) is 0 Å².